The van der Waals surface area contributed by atoms with E-state index in [1.54, 1.807) is 6.07 Å². The molecule has 1 aliphatic heterocycles. The Morgan fingerprint density at radius 1 is 1.17 bits per heavy atom. The van der Waals surface area contributed by atoms with E-state index in [1.807, 2.05) is 19.1 Å². The topological polar surface area (TPSA) is 68.4 Å². The van der Waals surface area contributed by atoms with Crippen molar-refractivity contribution in [2.45, 2.75) is 6.92 Å². The molecule has 6 heteroatoms. The van der Waals surface area contributed by atoms with Crippen LogP contribution >= 0.6 is 0 Å². The first kappa shape index (κ1) is 16.3. The van der Waals surface area contributed by atoms with Crippen LogP contribution in [0.1, 0.15) is 15.9 Å². The molecule has 1 aromatic heterocycles. The number of amides is 1. The maximum Gasteiger partial charge on any atom is 0.261 e. The molecule has 2 aromatic rings. The van der Waals surface area contributed by atoms with Crippen molar-refractivity contribution in [3.63, 3.8) is 0 Å². The molecule has 0 radical (unpaired) electrons. The van der Waals surface area contributed by atoms with Crippen molar-refractivity contribution in [2.75, 3.05) is 43.4 Å². The first-order chi connectivity index (χ1) is 11.5. The van der Waals surface area contributed by atoms with Gasteiger partial charge in [-0.15, -0.1) is 0 Å². The molecule has 1 saturated heterocycles. The highest BCUT2D eigenvalue weighted by atomic mass is 16.2. The fraction of sp³-hybridized carbons (Fsp3) is 0.333. The lowest BCUT2D eigenvalue weighted by atomic mass is 10.1. The third kappa shape index (κ3) is 3.49. The number of hydrogen-bond acceptors (Lipinski definition) is 4. The fourth-order valence-corrected chi connectivity index (χ4v) is 2.84. The van der Waals surface area contributed by atoms with Crippen LogP contribution in [0.2, 0.25) is 0 Å². The molecule has 0 bridgehead atoms. The Balaban J connectivity index is 1.74. The molecular weight excluding hydrogens is 304 g/mol. The van der Waals surface area contributed by atoms with Gasteiger partial charge in [-0.3, -0.25) is 9.59 Å². The van der Waals surface area contributed by atoms with Crippen molar-refractivity contribution in [1.29, 1.82) is 0 Å². The predicted molar refractivity (Wildman–Crippen MR) is 95.9 cm³/mol. The van der Waals surface area contributed by atoms with Crippen molar-refractivity contribution in [1.82, 2.24) is 9.88 Å². The Bertz CT molecular complexity index is 792. The molecule has 1 fully saturated rings. The minimum atomic E-state index is -0.396. The number of nitrogens with one attached hydrogen (secondary N) is 2. The van der Waals surface area contributed by atoms with E-state index in [-0.39, 0.29) is 11.1 Å². The summed E-state index contributed by atoms with van der Waals surface area (Å²) in [7, 11) is 2.13. The van der Waals surface area contributed by atoms with Gasteiger partial charge >= 0.3 is 0 Å². The van der Waals surface area contributed by atoms with Gasteiger partial charge in [0.1, 0.15) is 5.56 Å². The van der Waals surface area contributed by atoms with Gasteiger partial charge in [-0.1, -0.05) is 0 Å². The van der Waals surface area contributed by atoms with Crippen LogP contribution in [-0.2, 0) is 0 Å². The Morgan fingerprint density at radius 3 is 2.58 bits per heavy atom. The number of H-pyrrole nitrogens is 1. The summed E-state index contributed by atoms with van der Waals surface area (Å²) in [6.07, 6.45) is 1.51. The maximum absolute atomic E-state index is 12.3. The van der Waals surface area contributed by atoms with Gasteiger partial charge in [0.15, 0.2) is 0 Å². The number of pyridine rings is 1. The molecule has 1 amide bonds. The van der Waals surface area contributed by atoms with Gasteiger partial charge in [0, 0.05) is 43.8 Å². The lowest BCUT2D eigenvalue weighted by molar-refractivity contribution is 0.102. The molecule has 2 N–H and O–H groups in total. The number of aryl methyl sites for hydroxylation is 1. The quantitative estimate of drug-likeness (QED) is 0.901. The molecule has 0 saturated carbocycles. The van der Waals surface area contributed by atoms with Gasteiger partial charge in [0.05, 0.1) is 0 Å². The molecule has 0 spiro atoms. The molecule has 24 heavy (non-hydrogen) atoms. The molecule has 1 aliphatic rings. The van der Waals surface area contributed by atoms with Crippen molar-refractivity contribution in [3.8, 4) is 0 Å². The lowest BCUT2D eigenvalue weighted by Gasteiger charge is -2.34. The maximum atomic E-state index is 12.3. The van der Waals surface area contributed by atoms with Crippen LogP contribution in [0.5, 0.6) is 0 Å². The number of piperazine rings is 1. The SMILES string of the molecule is Cc1cc(N2CCN(C)CC2)ccc1NC(=O)c1ccc[nH]c1=O. The number of rotatable bonds is 3. The van der Waals surface area contributed by atoms with Crippen molar-refractivity contribution in [2.24, 2.45) is 0 Å². The van der Waals surface area contributed by atoms with Crippen LogP contribution < -0.4 is 15.8 Å². The highest BCUT2D eigenvalue weighted by molar-refractivity contribution is 6.04. The molecule has 1 aromatic carbocycles. The van der Waals surface area contributed by atoms with Crippen LogP contribution in [0, 0.1) is 6.92 Å². The van der Waals surface area contributed by atoms with E-state index in [1.165, 1.54) is 12.3 Å². The fourth-order valence-electron chi connectivity index (χ4n) is 2.84. The van der Waals surface area contributed by atoms with Gasteiger partial charge in [-0.25, -0.2) is 0 Å². The summed E-state index contributed by atoms with van der Waals surface area (Å²) in [6, 6.07) is 9.15. The van der Waals surface area contributed by atoms with Gasteiger partial charge in [0.25, 0.3) is 11.5 Å². The van der Waals surface area contributed by atoms with Crippen molar-refractivity contribution < 1.29 is 4.79 Å². The normalized spacial score (nSPS) is 15.3. The zero-order chi connectivity index (χ0) is 17.1. The number of likely N-dealkylation sites (N-methyl/N-ethyl adjacent to an activating group) is 1. The zero-order valence-electron chi connectivity index (χ0n) is 14.0. The van der Waals surface area contributed by atoms with E-state index in [2.05, 4.69) is 33.2 Å². The number of nitrogens with zero attached hydrogens (tertiary/aromatic N) is 2. The van der Waals surface area contributed by atoms with Crippen LogP contribution in [0.25, 0.3) is 0 Å². The number of aromatic nitrogens is 1. The smallest absolute Gasteiger partial charge is 0.261 e. The van der Waals surface area contributed by atoms with E-state index in [0.717, 1.165) is 43.1 Å². The average molecular weight is 326 g/mol. The minimum Gasteiger partial charge on any atom is -0.369 e. The molecule has 0 aliphatic carbocycles. The standard InChI is InChI=1S/C18H22N4O2/c1-13-12-14(22-10-8-21(2)9-11-22)5-6-16(13)20-18(24)15-4-3-7-19-17(15)23/h3-7,12H,8-11H2,1-2H3,(H,19,23)(H,20,24). The van der Waals surface area contributed by atoms with Gasteiger partial charge in [-0.05, 0) is 49.9 Å². The number of anilines is 2. The Morgan fingerprint density at radius 2 is 1.92 bits per heavy atom. The van der Waals surface area contributed by atoms with Gasteiger partial charge in [0.2, 0.25) is 0 Å². The highest BCUT2D eigenvalue weighted by Crippen LogP contribution is 2.24. The summed E-state index contributed by atoms with van der Waals surface area (Å²) in [5.41, 5.74) is 2.59. The highest BCUT2D eigenvalue weighted by Gasteiger charge is 2.16. The van der Waals surface area contributed by atoms with Gasteiger partial charge in [-0.2, -0.15) is 0 Å². The number of benzene rings is 1. The second kappa shape index (κ2) is 6.88. The second-order valence-electron chi connectivity index (χ2n) is 6.16. The first-order valence-corrected chi connectivity index (χ1v) is 8.08. The zero-order valence-corrected chi connectivity index (χ0v) is 14.0. The van der Waals surface area contributed by atoms with Crippen LogP contribution in [0.3, 0.4) is 0 Å². The van der Waals surface area contributed by atoms with E-state index >= 15 is 0 Å². The molecule has 2 heterocycles. The largest absolute Gasteiger partial charge is 0.369 e. The number of hydrogen-bond donors (Lipinski definition) is 2. The van der Waals surface area contributed by atoms with Crippen molar-refractivity contribution >= 4 is 17.3 Å². The molecule has 3 rings (SSSR count). The van der Waals surface area contributed by atoms with E-state index in [4.69, 9.17) is 0 Å². The lowest BCUT2D eigenvalue weighted by Crippen LogP contribution is -2.44. The first-order valence-electron chi connectivity index (χ1n) is 8.08. The second-order valence-corrected chi connectivity index (χ2v) is 6.16. The van der Waals surface area contributed by atoms with E-state index in [0.29, 0.717) is 0 Å². The predicted octanol–water partition coefficient (Wildman–Crippen LogP) is 1.69. The minimum absolute atomic E-state index is 0.111. The molecule has 6 nitrogen and oxygen atoms in total. The Kier molecular flexibility index (Phi) is 4.66. The summed E-state index contributed by atoms with van der Waals surface area (Å²) < 4.78 is 0. The monoisotopic (exact) mass is 326 g/mol. The number of carbonyl (C=O) groups is 1. The summed E-state index contributed by atoms with van der Waals surface area (Å²) >= 11 is 0. The Labute approximate surface area is 141 Å². The Hall–Kier alpha value is -2.60. The van der Waals surface area contributed by atoms with Crippen molar-refractivity contribution in [3.05, 3.63) is 58.0 Å². The third-order valence-corrected chi connectivity index (χ3v) is 4.39. The van der Waals surface area contributed by atoms with Crippen LogP contribution in [0.4, 0.5) is 11.4 Å². The van der Waals surface area contributed by atoms with Crippen LogP contribution in [0.15, 0.2) is 41.3 Å². The van der Waals surface area contributed by atoms with Crippen LogP contribution in [-0.4, -0.2) is 49.0 Å². The van der Waals surface area contributed by atoms with Gasteiger partial charge < -0.3 is 20.1 Å². The van der Waals surface area contributed by atoms with E-state index < -0.39 is 5.91 Å². The third-order valence-electron chi connectivity index (χ3n) is 4.39. The number of carbonyl (C=O) groups excluding carboxylic acids is 1. The summed E-state index contributed by atoms with van der Waals surface area (Å²) in [5, 5.41) is 2.82. The molecule has 126 valence electrons. The molecule has 0 atom stereocenters. The molecule has 0 unspecified atom stereocenters. The summed E-state index contributed by atoms with van der Waals surface area (Å²) in [5.74, 6) is -0.396. The molecular formula is C18H22N4O2. The number of aromatic amines is 1. The summed E-state index contributed by atoms with van der Waals surface area (Å²) in [4.78, 5) is 31.1. The average Bonchev–Trinajstić information content (AvgIpc) is 2.57. The summed E-state index contributed by atoms with van der Waals surface area (Å²) in [6.45, 7) is 6.06. The van der Waals surface area contributed by atoms with E-state index in [9.17, 15) is 9.59 Å².